The summed E-state index contributed by atoms with van der Waals surface area (Å²) < 4.78 is 50.7. The van der Waals surface area contributed by atoms with Crippen molar-refractivity contribution in [3.63, 3.8) is 0 Å². The molecule has 0 aliphatic heterocycles. The third kappa shape index (κ3) is 9.04. The highest BCUT2D eigenvalue weighted by atomic mass is 32.2. The molecule has 0 aromatic heterocycles. The lowest BCUT2D eigenvalue weighted by Crippen LogP contribution is -2.23. The SMILES string of the molecule is CC(C)[C@@H](CS(=O)(=O)CCCOCC(C)(C)C)c1ccc(F)c(OCC2CC2)c1. The van der Waals surface area contributed by atoms with E-state index in [1.54, 1.807) is 12.1 Å². The maximum absolute atomic E-state index is 14.1. The van der Waals surface area contributed by atoms with E-state index in [2.05, 4.69) is 20.8 Å². The lowest BCUT2D eigenvalue weighted by atomic mass is 9.90. The average Bonchev–Trinajstić information content (AvgIpc) is 3.42. The molecule has 4 nitrogen and oxygen atoms in total. The first-order valence-electron chi connectivity index (χ1n) is 10.7. The van der Waals surface area contributed by atoms with Gasteiger partial charge in [-0.2, -0.15) is 0 Å². The third-order valence-electron chi connectivity index (χ3n) is 5.07. The highest BCUT2D eigenvalue weighted by molar-refractivity contribution is 7.91. The van der Waals surface area contributed by atoms with E-state index in [-0.39, 0.29) is 34.5 Å². The monoisotopic (exact) mass is 428 g/mol. The molecule has 0 heterocycles. The Balaban J connectivity index is 1.96. The molecule has 1 aromatic carbocycles. The zero-order valence-corrected chi connectivity index (χ0v) is 19.4. The van der Waals surface area contributed by atoms with Crippen LogP contribution in [0.1, 0.15) is 65.4 Å². The topological polar surface area (TPSA) is 52.6 Å². The molecular weight excluding hydrogens is 391 g/mol. The molecule has 0 radical (unpaired) electrons. The average molecular weight is 429 g/mol. The molecule has 29 heavy (non-hydrogen) atoms. The van der Waals surface area contributed by atoms with E-state index in [1.807, 2.05) is 13.8 Å². The van der Waals surface area contributed by atoms with E-state index in [9.17, 15) is 12.8 Å². The summed E-state index contributed by atoms with van der Waals surface area (Å²) >= 11 is 0. The van der Waals surface area contributed by atoms with Gasteiger partial charge >= 0.3 is 0 Å². The summed E-state index contributed by atoms with van der Waals surface area (Å²) in [4.78, 5) is 0. The van der Waals surface area contributed by atoms with Crippen molar-refractivity contribution in [2.45, 2.75) is 59.8 Å². The maximum atomic E-state index is 14.1. The fourth-order valence-corrected chi connectivity index (χ4v) is 4.99. The minimum absolute atomic E-state index is 0.0532. The van der Waals surface area contributed by atoms with Gasteiger partial charge in [-0.05, 0) is 54.2 Å². The predicted molar refractivity (Wildman–Crippen MR) is 116 cm³/mol. The maximum Gasteiger partial charge on any atom is 0.165 e. The Morgan fingerprint density at radius 3 is 2.48 bits per heavy atom. The zero-order valence-electron chi connectivity index (χ0n) is 18.5. The predicted octanol–water partition coefficient (Wildman–Crippen LogP) is 5.22. The van der Waals surface area contributed by atoms with E-state index in [0.29, 0.717) is 32.2 Å². The molecule has 1 fully saturated rings. The minimum Gasteiger partial charge on any atom is -0.490 e. The molecule has 166 valence electrons. The first-order valence-corrected chi connectivity index (χ1v) is 12.5. The van der Waals surface area contributed by atoms with Crippen molar-refractivity contribution in [3.8, 4) is 5.75 Å². The summed E-state index contributed by atoms with van der Waals surface area (Å²) in [6.45, 7) is 11.8. The molecule has 0 unspecified atom stereocenters. The third-order valence-corrected chi connectivity index (χ3v) is 6.85. The standard InChI is InChI=1S/C23H37FO4S/c1-17(2)20(15-29(25,26)12-6-11-27-16-23(3,4)5)19-9-10-21(24)22(13-19)28-14-18-7-8-18/h9-10,13,17-18,20H,6-8,11-12,14-16H2,1-5H3/t20-/m1/s1. The first kappa shape index (κ1) is 24.1. The zero-order chi connectivity index (χ0) is 21.7. The number of rotatable bonds is 12. The molecule has 0 saturated heterocycles. The Morgan fingerprint density at radius 1 is 1.21 bits per heavy atom. The van der Waals surface area contributed by atoms with Gasteiger partial charge < -0.3 is 9.47 Å². The summed E-state index contributed by atoms with van der Waals surface area (Å²) in [5, 5.41) is 0. The molecule has 1 aliphatic rings. The molecule has 0 spiro atoms. The van der Waals surface area contributed by atoms with Crippen molar-refractivity contribution in [1.82, 2.24) is 0 Å². The van der Waals surface area contributed by atoms with E-state index >= 15 is 0 Å². The van der Waals surface area contributed by atoms with Crippen LogP contribution < -0.4 is 4.74 Å². The number of ether oxygens (including phenoxy) is 2. The van der Waals surface area contributed by atoms with Crippen LogP contribution in [-0.2, 0) is 14.6 Å². The largest absolute Gasteiger partial charge is 0.490 e. The first-order chi connectivity index (χ1) is 13.5. The van der Waals surface area contributed by atoms with Crippen LogP contribution in [0.15, 0.2) is 18.2 Å². The van der Waals surface area contributed by atoms with E-state index < -0.39 is 15.7 Å². The van der Waals surface area contributed by atoms with E-state index in [4.69, 9.17) is 9.47 Å². The van der Waals surface area contributed by atoms with Crippen molar-refractivity contribution in [2.75, 3.05) is 31.3 Å². The Hall–Kier alpha value is -1.14. The highest BCUT2D eigenvalue weighted by Crippen LogP contribution is 2.33. The van der Waals surface area contributed by atoms with Crippen molar-refractivity contribution < 1.29 is 22.3 Å². The smallest absolute Gasteiger partial charge is 0.165 e. The van der Waals surface area contributed by atoms with Crippen LogP contribution in [0.25, 0.3) is 0 Å². The Bertz CT molecular complexity index is 749. The van der Waals surface area contributed by atoms with Crippen LogP contribution in [0.5, 0.6) is 5.75 Å². The molecule has 0 N–H and O–H groups in total. The molecule has 1 atom stereocenters. The fraction of sp³-hybridized carbons (Fsp3) is 0.739. The second kappa shape index (κ2) is 10.3. The molecule has 1 aliphatic carbocycles. The second-order valence-electron chi connectivity index (χ2n) is 9.88. The van der Waals surface area contributed by atoms with Crippen molar-refractivity contribution in [3.05, 3.63) is 29.6 Å². The second-order valence-corrected chi connectivity index (χ2v) is 12.1. The number of halogens is 1. The van der Waals surface area contributed by atoms with Gasteiger partial charge in [-0.25, -0.2) is 12.8 Å². The van der Waals surface area contributed by atoms with Gasteiger partial charge in [0.05, 0.1) is 24.7 Å². The Kier molecular flexibility index (Phi) is 8.53. The summed E-state index contributed by atoms with van der Waals surface area (Å²) in [5.74, 6) is 0.441. The fourth-order valence-electron chi connectivity index (χ4n) is 3.14. The molecule has 6 heteroatoms. The summed E-state index contributed by atoms with van der Waals surface area (Å²) in [6, 6.07) is 4.76. The van der Waals surface area contributed by atoms with Gasteiger partial charge in [-0.3, -0.25) is 0 Å². The molecule has 0 amide bonds. The lowest BCUT2D eigenvalue weighted by molar-refractivity contribution is 0.0720. The van der Waals surface area contributed by atoms with Crippen LogP contribution in [0, 0.1) is 23.1 Å². The number of benzene rings is 1. The molecular formula is C23H37FO4S. The number of hydrogen-bond donors (Lipinski definition) is 0. The number of hydrogen-bond acceptors (Lipinski definition) is 4. The van der Waals surface area contributed by atoms with Crippen molar-refractivity contribution in [1.29, 1.82) is 0 Å². The van der Waals surface area contributed by atoms with Crippen LogP contribution in [0.2, 0.25) is 0 Å². The van der Waals surface area contributed by atoms with Gasteiger partial charge in [0.1, 0.15) is 0 Å². The quantitative estimate of drug-likeness (QED) is 0.428. The Labute approximate surface area is 176 Å². The minimum atomic E-state index is -3.24. The van der Waals surface area contributed by atoms with Crippen LogP contribution >= 0.6 is 0 Å². The summed E-state index contributed by atoms with van der Waals surface area (Å²) in [7, 11) is -3.24. The van der Waals surface area contributed by atoms with Gasteiger partial charge in [0.2, 0.25) is 0 Å². The molecule has 0 bridgehead atoms. The Morgan fingerprint density at radius 2 is 1.90 bits per heavy atom. The van der Waals surface area contributed by atoms with Crippen molar-refractivity contribution >= 4 is 9.84 Å². The molecule has 1 saturated carbocycles. The normalized spacial score (nSPS) is 16.2. The lowest BCUT2D eigenvalue weighted by Gasteiger charge is -2.22. The van der Waals surface area contributed by atoms with E-state index in [1.165, 1.54) is 6.07 Å². The van der Waals surface area contributed by atoms with Gasteiger partial charge in [0.15, 0.2) is 21.4 Å². The summed E-state index contributed by atoms with van der Waals surface area (Å²) in [5.41, 5.74) is 0.892. The van der Waals surface area contributed by atoms with Crippen LogP contribution in [0.4, 0.5) is 4.39 Å². The van der Waals surface area contributed by atoms with E-state index in [0.717, 1.165) is 18.4 Å². The van der Waals surface area contributed by atoms with Gasteiger partial charge in [-0.1, -0.05) is 40.7 Å². The van der Waals surface area contributed by atoms with Crippen LogP contribution in [-0.4, -0.2) is 39.7 Å². The van der Waals surface area contributed by atoms with Gasteiger partial charge in [0.25, 0.3) is 0 Å². The highest BCUT2D eigenvalue weighted by Gasteiger charge is 2.26. The summed E-state index contributed by atoms with van der Waals surface area (Å²) in [6.07, 6.45) is 2.75. The molecule has 1 aromatic rings. The van der Waals surface area contributed by atoms with Gasteiger partial charge in [0, 0.05) is 12.5 Å². The van der Waals surface area contributed by atoms with Crippen molar-refractivity contribution in [2.24, 2.45) is 17.3 Å². The van der Waals surface area contributed by atoms with Gasteiger partial charge in [-0.15, -0.1) is 0 Å². The molecule has 2 rings (SSSR count). The number of sulfone groups is 1. The van der Waals surface area contributed by atoms with Crippen LogP contribution in [0.3, 0.4) is 0 Å².